The molecule has 1 N–H and O–H groups in total. The van der Waals surface area contributed by atoms with E-state index in [0.29, 0.717) is 0 Å². The van der Waals surface area contributed by atoms with Crippen LogP contribution in [0.2, 0.25) is 0 Å². The third-order valence-corrected chi connectivity index (χ3v) is 3.49. The quantitative estimate of drug-likeness (QED) is 0.710. The molecule has 0 atom stereocenters. The summed E-state index contributed by atoms with van der Waals surface area (Å²) in [5.74, 6) is 2.50. The fraction of sp³-hybridized carbons (Fsp3) is 0.889. The van der Waals surface area contributed by atoms with Crippen LogP contribution in [0.25, 0.3) is 0 Å². The van der Waals surface area contributed by atoms with Crippen molar-refractivity contribution in [1.82, 2.24) is 10.2 Å². The second-order valence-electron chi connectivity index (χ2n) is 3.18. The van der Waals surface area contributed by atoms with Crippen molar-refractivity contribution in [3.8, 4) is 0 Å². The molecular weight excluding hydrogens is 200 g/mol. The van der Waals surface area contributed by atoms with Gasteiger partial charge in [0, 0.05) is 25.4 Å². The molecule has 0 aromatic carbocycles. The van der Waals surface area contributed by atoms with Gasteiger partial charge in [0.25, 0.3) is 0 Å². The van der Waals surface area contributed by atoms with Gasteiger partial charge in [-0.25, -0.2) is 0 Å². The lowest BCUT2D eigenvalue weighted by atomic mass is 10.4. The average Bonchev–Trinajstić information content (AvgIpc) is 2.42. The molecule has 0 spiro atoms. The minimum absolute atomic E-state index is 0.948. The molecule has 0 saturated carbocycles. The number of nitrogens with zero attached hydrogens (tertiary/aromatic N) is 1. The normalized spacial score (nSPS) is 18.1. The third-order valence-electron chi connectivity index (χ3n) is 2.04. The van der Waals surface area contributed by atoms with E-state index in [9.17, 15) is 0 Å². The van der Waals surface area contributed by atoms with Crippen LogP contribution in [0.15, 0.2) is 0 Å². The molecular formula is C9H18N2S2. The lowest BCUT2D eigenvalue weighted by molar-refractivity contribution is 0.442. The molecule has 1 aliphatic heterocycles. The van der Waals surface area contributed by atoms with Crippen molar-refractivity contribution in [2.75, 3.05) is 31.1 Å². The molecule has 76 valence electrons. The Hall–Kier alpha value is 0.0400. The SMILES string of the molecule is CCCNC(=S)N1CCCSCC1. The zero-order valence-corrected chi connectivity index (χ0v) is 9.85. The van der Waals surface area contributed by atoms with Crippen molar-refractivity contribution in [2.24, 2.45) is 0 Å². The molecule has 0 aromatic rings. The predicted molar refractivity (Wildman–Crippen MR) is 64.4 cm³/mol. The van der Waals surface area contributed by atoms with Crippen LogP contribution in [0, 0.1) is 0 Å². The first-order valence-corrected chi connectivity index (χ1v) is 6.51. The van der Waals surface area contributed by atoms with Crippen molar-refractivity contribution in [1.29, 1.82) is 0 Å². The van der Waals surface area contributed by atoms with E-state index < -0.39 is 0 Å². The van der Waals surface area contributed by atoms with Gasteiger partial charge in [0.05, 0.1) is 0 Å². The van der Waals surface area contributed by atoms with E-state index in [0.717, 1.165) is 31.2 Å². The van der Waals surface area contributed by atoms with Crippen LogP contribution in [-0.2, 0) is 0 Å². The summed E-state index contributed by atoms with van der Waals surface area (Å²) in [7, 11) is 0. The number of rotatable bonds is 2. The lowest BCUT2D eigenvalue weighted by Gasteiger charge is -2.23. The van der Waals surface area contributed by atoms with Gasteiger partial charge in [0.1, 0.15) is 0 Å². The predicted octanol–water partition coefficient (Wildman–Crippen LogP) is 1.71. The van der Waals surface area contributed by atoms with Gasteiger partial charge in [0.15, 0.2) is 5.11 Å². The summed E-state index contributed by atoms with van der Waals surface area (Å²) in [6.07, 6.45) is 2.40. The fourth-order valence-corrected chi connectivity index (χ4v) is 2.46. The smallest absolute Gasteiger partial charge is 0.168 e. The average molecular weight is 218 g/mol. The van der Waals surface area contributed by atoms with Crippen LogP contribution in [0.1, 0.15) is 19.8 Å². The molecule has 13 heavy (non-hydrogen) atoms. The molecule has 0 aromatic heterocycles. The third kappa shape index (κ3) is 4.18. The van der Waals surface area contributed by atoms with Crippen molar-refractivity contribution in [3.63, 3.8) is 0 Å². The Bertz CT molecular complexity index is 154. The molecule has 1 aliphatic rings. The van der Waals surface area contributed by atoms with Crippen LogP contribution in [0.5, 0.6) is 0 Å². The number of nitrogens with one attached hydrogen (secondary N) is 1. The first kappa shape index (κ1) is 11.1. The number of thioether (sulfide) groups is 1. The highest BCUT2D eigenvalue weighted by Crippen LogP contribution is 2.09. The van der Waals surface area contributed by atoms with Crippen molar-refractivity contribution in [2.45, 2.75) is 19.8 Å². The maximum absolute atomic E-state index is 5.31. The van der Waals surface area contributed by atoms with Gasteiger partial charge in [-0.1, -0.05) is 6.92 Å². The highest BCUT2D eigenvalue weighted by molar-refractivity contribution is 7.99. The van der Waals surface area contributed by atoms with Crippen LogP contribution >= 0.6 is 24.0 Å². The molecule has 0 aliphatic carbocycles. The minimum atomic E-state index is 0.948. The summed E-state index contributed by atoms with van der Waals surface area (Å²) < 4.78 is 0. The number of hydrogen-bond acceptors (Lipinski definition) is 2. The highest BCUT2D eigenvalue weighted by atomic mass is 32.2. The molecule has 0 bridgehead atoms. The molecule has 0 radical (unpaired) electrons. The first-order valence-electron chi connectivity index (χ1n) is 4.95. The second kappa shape index (κ2) is 6.49. The molecule has 4 heteroatoms. The Morgan fingerprint density at radius 2 is 2.31 bits per heavy atom. The van der Waals surface area contributed by atoms with E-state index in [-0.39, 0.29) is 0 Å². The molecule has 1 saturated heterocycles. The Balaban J connectivity index is 2.26. The van der Waals surface area contributed by atoms with Gasteiger partial charge in [-0.3, -0.25) is 0 Å². The number of hydrogen-bond donors (Lipinski definition) is 1. The molecule has 0 amide bonds. The fourth-order valence-electron chi connectivity index (χ4n) is 1.29. The van der Waals surface area contributed by atoms with E-state index >= 15 is 0 Å². The molecule has 0 unspecified atom stereocenters. The van der Waals surface area contributed by atoms with Crippen LogP contribution < -0.4 is 5.32 Å². The summed E-state index contributed by atoms with van der Waals surface area (Å²) >= 11 is 7.34. The summed E-state index contributed by atoms with van der Waals surface area (Å²) in [6, 6.07) is 0. The van der Waals surface area contributed by atoms with Gasteiger partial charge in [0.2, 0.25) is 0 Å². The van der Waals surface area contributed by atoms with E-state index in [1.807, 2.05) is 11.8 Å². The standard InChI is InChI=1S/C9H18N2S2/c1-2-4-10-9(12)11-5-3-7-13-8-6-11/h2-8H2,1H3,(H,10,12). The van der Waals surface area contributed by atoms with Gasteiger partial charge < -0.3 is 10.2 Å². The van der Waals surface area contributed by atoms with E-state index in [2.05, 4.69) is 17.1 Å². The Kier molecular flexibility index (Phi) is 5.55. The van der Waals surface area contributed by atoms with Crippen LogP contribution in [-0.4, -0.2) is 41.2 Å². The summed E-state index contributed by atoms with van der Waals surface area (Å²) in [5.41, 5.74) is 0. The van der Waals surface area contributed by atoms with Gasteiger partial charge in [-0.15, -0.1) is 0 Å². The zero-order valence-electron chi connectivity index (χ0n) is 8.21. The van der Waals surface area contributed by atoms with E-state index in [4.69, 9.17) is 12.2 Å². The molecule has 1 heterocycles. The lowest BCUT2D eigenvalue weighted by Crippen LogP contribution is -2.41. The summed E-state index contributed by atoms with van der Waals surface area (Å²) in [5, 5.41) is 4.23. The largest absolute Gasteiger partial charge is 0.363 e. The van der Waals surface area contributed by atoms with Crippen molar-refractivity contribution >= 4 is 29.1 Å². The van der Waals surface area contributed by atoms with Crippen LogP contribution in [0.3, 0.4) is 0 Å². The maximum Gasteiger partial charge on any atom is 0.168 e. The van der Waals surface area contributed by atoms with Gasteiger partial charge in [-0.05, 0) is 30.8 Å². The molecule has 1 fully saturated rings. The van der Waals surface area contributed by atoms with Gasteiger partial charge in [-0.2, -0.15) is 11.8 Å². The van der Waals surface area contributed by atoms with Crippen molar-refractivity contribution in [3.05, 3.63) is 0 Å². The van der Waals surface area contributed by atoms with Gasteiger partial charge >= 0.3 is 0 Å². The zero-order chi connectivity index (χ0) is 9.52. The van der Waals surface area contributed by atoms with Crippen LogP contribution in [0.4, 0.5) is 0 Å². The Labute approximate surface area is 90.4 Å². The highest BCUT2D eigenvalue weighted by Gasteiger charge is 2.11. The van der Waals surface area contributed by atoms with E-state index in [1.165, 1.54) is 17.9 Å². The minimum Gasteiger partial charge on any atom is -0.363 e. The summed E-state index contributed by atoms with van der Waals surface area (Å²) in [6.45, 7) is 5.40. The number of thiocarbonyl (C=S) groups is 1. The first-order chi connectivity index (χ1) is 6.34. The van der Waals surface area contributed by atoms with E-state index in [1.54, 1.807) is 0 Å². The summed E-state index contributed by atoms with van der Waals surface area (Å²) in [4.78, 5) is 2.30. The molecule has 2 nitrogen and oxygen atoms in total. The molecule has 1 rings (SSSR count). The van der Waals surface area contributed by atoms with Crippen molar-refractivity contribution < 1.29 is 0 Å². The Morgan fingerprint density at radius 1 is 1.46 bits per heavy atom. The maximum atomic E-state index is 5.31. The Morgan fingerprint density at radius 3 is 3.08 bits per heavy atom. The topological polar surface area (TPSA) is 15.3 Å². The monoisotopic (exact) mass is 218 g/mol. The second-order valence-corrected chi connectivity index (χ2v) is 4.80.